The van der Waals surface area contributed by atoms with Crippen LogP contribution < -0.4 is 10.5 Å². The predicted octanol–water partition coefficient (Wildman–Crippen LogP) is 1.46. The number of hydrogen-bond acceptors (Lipinski definition) is 3. The SMILES string of the molecule is COc1ncc(Cl)c(F)c1N. The van der Waals surface area contributed by atoms with E-state index in [0.717, 1.165) is 6.20 Å². The maximum Gasteiger partial charge on any atom is 0.240 e. The van der Waals surface area contributed by atoms with E-state index in [4.69, 9.17) is 17.3 Å². The Morgan fingerprint density at radius 2 is 2.36 bits per heavy atom. The zero-order chi connectivity index (χ0) is 8.43. The molecule has 11 heavy (non-hydrogen) atoms. The summed E-state index contributed by atoms with van der Waals surface area (Å²) in [6, 6.07) is 0. The molecule has 0 aromatic carbocycles. The number of methoxy groups -OCH3 is 1. The molecule has 60 valence electrons. The molecule has 1 aromatic heterocycles. The van der Waals surface area contributed by atoms with Gasteiger partial charge in [-0.2, -0.15) is 0 Å². The van der Waals surface area contributed by atoms with E-state index in [0.29, 0.717) is 0 Å². The molecule has 0 saturated heterocycles. The molecule has 0 aliphatic carbocycles. The monoisotopic (exact) mass is 176 g/mol. The van der Waals surface area contributed by atoms with Crippen LogP contribution in [0.5, 0.6) is 5.88 Å². The number of halogens is 2. The van der Waals surface area contributed by atoms with Gasteiger partial charge in [0.2, 0.25) is 5.88 Å². The molecular formula is C6H6ClFN2O. The van der Waals surface area contributed by atoms with E-state index < -0.39 is 5.82 Å². The minimum Gasteiger partial charge on any atom is -0.479 e. The summed E-state index contributed by atoms with van der Waals surface area (Å²) in [5.41, 5.74) is 5.08. The van der Waals surface area contributed by atoms with Crippen LogP contribution in [0.2, 0.25) is 5.02 Å². The third-order valence-electron chi connectivity index (χ3n) is 1.17. The molecule has 0 atom stereocenters. The lowest BCUT2D eigenvalue weighted by molar-refractivity contribution is 0.397. The fourth-order valence-corrected chi connectivity index (χ4v) is 0.777. The van der Waals surface area contributed by atoms with E-state index in [1.54, 1.807) is 0 Å². The number of nitrogens with zero attached hydrogens (tertiary/aromatic N) is 1. The van der Waals surface area contributed by atoms with Crippen LogP contribution in [0.25, 0.3) is 0 Å². The van der Waals surface area contributed by atoms with Crippen LogP contribution in [0.15, 0.2) is 6.20 Å². The van der Waals surface area contributed by atoms with Gasteiger partial charge >= 0.3 is 0 Å². The first kappa shape index (κ1) is 8.07. The molecule has 0 unspecified atom stereocenters. The van der Waals surface area contributed by atoms with E-state index in [-0.39, 0.29) is 16.6 Å². The number of nitrogen functional groups attached to an aromatic ring is 1. The van der Waals surface area contributed by atoms with Crippen molar-refractivity contribution < 1.29 is 9.13 Å². The summed E-state index contributed by atoms with van der Waals surface area (Å²) >= 11 is 5.37. The van der Waals surface area contributed by atoms with Crippen LogP contribution in [0.4, 0.5) is 10.1 Å². The van der Waals surface area contributed by atoms with Crippen molar-refractivity contribution in [2.45, 2.75) is 0 Å². The lowest BCUT2D eigenvalue weighted by Gasteiger charge is -2.03. The van der Waals surface area contributed by atoms with Crippen molar-refractivity contribution in [3.8, 4) is 5.88 Å². The lowest BCUT2D eigenvalue weighted by Crippen LogP contribution is -1.98. The van der Waals surface area contributed by atoms with Crippen molar-refractivity contribution in [3.05, 3.63) is 17.0 Å². The van der Waals surface area contributed by atoms with Gasteiger partial charge in [-0.3, -0.25) is 0 Å². The zero-order valence-electron chi connectivity index (χ0n) is 5.77. The van der Waals surface area contributed by atoms with Gasteiger partial charge in [-0.05, 0) is 0 Å². The number of anilines is 1. The fraction of sp³-hybridized carbons (Fsp3) is 0.167. The third kappa shape index (κ3) is 1.35. The zero-order valence-corrected chi connectivity index (χ0v) is 6.52. The van der Waals surface area contributed by atoms with Crippen LogP contribution in [0, 0.1) is 5.82 Å². The second kappa shape index (κ2) is 2.92. The van der Waals surface area contributed by atoms with Crippen LogP contribution in [-0.2, 0) is 0 Å². The molecular weight excluding hydrogens is 171 g/mol. The predicted molar refractivity (Wildman–Crippen MR) is 40.2 cm³/mol. The number of rotatable bonds is 1. The quantitative estimate of drug-likeness (QED) is 0.705. The molecule has 0 amide bonds. The summed E-state index contributed by atoms with van der Waals surface area (Å²) in [6.45, 7) is 0. The standard InChI is InChI=1S/C6H6ClFN2O/c1-11-6-5(9)4(8)3(7)2-10-6/h2H,9H2,1H3. The molecule has 0 saturated carbocycles. The van der Waals surface area contributed by atoms with Crippen LogP contribution >= 0.6 is 11.6 Å². The van der Waals surface area contributed by atoms with Gasteiger partial charge in [0.05, 0.1) is 18.3 Å². The second-order valence-corrected chi connectivity index (χ2v) is 2.25. The largest absolute Gasteiger partial charge is 0.479 e. The highest BCUT2D eigenvalue weighted by Crippen LogP contribution is 2.26. The Balaban J connectivity index is 3.25. The topological polar surface area (TPSA) is 48.1 Å². The Morgan fingerprint density at radius 1 is 1.73 bits per heavy atom. The molecule has 1 heterocycles. The Bertz CT molecular complexity index is 280. The number of pyridine rings is 1. The van der Waals surface area contributed by atoms with Gasteiger partial charge in [-0.25, -0.2) is 9.37 Å². The lowest BCUT2D eigenvalue weighted by atomic mass is 10.4. The average molecular weight is 177 g/mol. The van der Waals surface area contributed by atoms with Crippen molar-refractivity contribution in [2.24, 2.45) is 0 Å². The number of ether oxygens (including phenoxy) is 1. The molecule has 0 fully saturated rings. The Morgan fingerprint density at radius 3 is 2.91 bits per heavy atom. The van der Waals surface area contributed by atoms with E-state index in [1.807, 2.05) is 0 Å². The van der Waals surface area contributed by atoms with Crippen LogP contribution in [0.3, 0.4) is 0 Å². The smallest absolute Gasteiger partial charge is 0.240 e. The Hall–Kier alpha value is -1.03. The van der Waals surface area contributed by atoms with Gasteiger partial charge in [0.1, 0.15) is 5.69 Å². The normalized spacial score (nSPS) is 9.73. The molecule has 0 aliphatic heterocycles. The minimum absolute atomic E-state index is 0.0481. The molecule has 5 heteroatoms. The number of hydrogen-bond donors (Lipinski definition) is 1. The highest BCUT2D eigenvalue weighted by molar-refractivity contribution is 6.30. The minimum atomic E-state index is -0.696. The van der Waals surface area contributed by atoms with Gasteiger partial charge in [0.25, 0.3) is 0 Å². The highest BCUT2D eigenvalue weighted by Gasteiger charge is 2.09. The first-order valence-electron chi connectivity index (χ1n) is 2.80. The summed E-state index contributed by atoms with van der Waals surface area (Å²) in [6.07, 6.45) is 1.14. The van der Waals surface area contributed by atoms with Crippen molar-refractivity contribution in [3.63, 3.8) is 0 Å². The maximum atomic E-state index is 12.8. The summed E-state index contributed by atoms with van der Waals surface area (Å²) in [5.74, 6) is -0.648. The first-order valence-corrected chi connectivity index (χ1v) is 3.18. The van der Waals surface area contributed by atoms with Crippen LogP contribution in [0.1, 0.15) is 0 Å². The van der Waals surface area contributed by atoms with E-state index in [9.17, 15) is 4.39 Å². The molecule has 3 nitrogen and oxygen atoms in total. The van der Waals surface area contributed by atoms with Gasteiger partial charge in [0.15, 0.2) is 5.82 Å². The van der Waals surface area contributed by atoms with Gasteiger partial charge < -0.3 is 10.5 Å². The van der Waals surface area contributed by atoms with Gasteiger partial charge in [-0.1, -0.05) is 11.6 Å². The average Bonchev–Trinajstić information content (AvgIpc) is 2.01. The molecule has 0 aliphatic rings. The Kier molecular flexibility index (Phi) is 2.14. The second-order valence-electron chi connectivity index (χ2n) is 1.84. The Labute approximate surface area is 67.9 Å². The van der Waals surface area contributed by atoms with E-state index in [1.165, 1.54) is 7.11 Å². The first-order chi connectivity index (χ1) is 5.16. The van der Waals surface area contributed by atoms with Crippen molar-refractivity contribution in [2.75, 3.05) is 12.8 Å². The summed E-state index contributed by atoms with van der Waals surface area (Å²) in [7, 11) is 1.35. The number of aromatic nitrogens is 1. The van der Waals surface area contributed by atoms with Crippen molar-refractivity contribution >= 4 is 17.3 Å². The molecule has 1 rings (SSSR count). The molecule has 1 aromatic rings. The van der Waals surface area contributed by atoms with Crippen LogP contribution in [-0.4, -0.2) is 12.1 Å². The number of nitrogens with two attached hydrogens (primary N) is 1. The van der Waals surface area contributed by atoms with E-state index in [2.05, 4.69) is 9.72 Å². The third-order valence-corrected chi connectivity index (χ3v) is 1.43. The van der Waals surface area contributed by atoms with E-state index >= 15 is 0 Å². The summed E-state index contributed by atoms with van der Waals surface area (Å²) in [4.78, 5) is 3.64. The van der Waals surface area contributed by atoms with Crippen molar-refractivity contribution in [1.29, 1.82) is 0 Å². The molecule has 2 N–H and O–H groups in total. The van der Waals surface area contributed by atoms with Gasteiger partial charge in [-0.15, -0.1) is 0 Å². The highest BCUT2D eigenvalue weighted by atomic mass is 35.5. The molecule has 0 radical (unpaired) electrons. The summed E-state index contributed by atoms with van der Waals surface area (Å²) in [5, 5.41) is -0.108. The van der Waals surface area contributed by atoms with Gasteiger partial charge in [0, 0.05) is 0 Å². The maximum absolute atomic E-state index is 12.8. The van der Waals surface area contributed by atoms with Crippen molar-refractivity contribution in [1.82, 2.24) is 4.98 Å². The molecule has 0 spiro atoms. The fourth-order valence-electron chi connectivity index (χ4n) is 0.627. The molecule has 0 bridgehead atoms. The summed E-state index contributed by atoms with van der Waals surface area (Å²) < 4.78 is 17.4.